The van der Waals surface area contributed by atoms with Gasteiger partial charge in [-0.25, -0.2) is 13.1 Å². The zero-order valence-electron chi connectivity index (χ0n) is 11.3. The monoisotopic (exact) mass is 289 g/mol. The van der Waals surface area contributed by atoms with Gasteiger partial charge in [-0.2, -0.15) is 0 Å². The lowest BCUT2D eigenvalue weighted by Crippen LogP contribution is -2.27. The van der Waals surface area contributed by atoms with Crippen LogP contribution in [-0.4, -0.2) is 42.4 Å². The molecule has 6 nitrogen and oxygen atoms in total. The van der Waals surface area contributed by atoms with Gasteiger partial charge in [-0.3, -0.25) is 0 Å². The third-order valence-corrected chi connectivity index (χ3v) is 3.89. The van der Waals surface area contributed by atoms with Gasteiger partial charge in [0.05, 0.1) is 20.8 Å². The maximum atomic E-state index is 12.1. The minimum absolute atomic E-state index is 0.0471. The Balaban J connectivity index is 2.92. The van der Waals surface area contributed by atoms with E-state index in [0.717, 1.165) is 0 Å². The summed E-state index contributed by atoms with van der Waals surface area (Å²) in [7, 11) is -0.760. The molecule has 7 heteroatoms. The van der Waals surface area contributed by atoms with Gasteiger partial charge in [0, 0.05) is 19.2 Å². The van der Waals surface area contributed by atoms with Crippen LogP contribution in [0.3, 0.4) is 0 Å². The zero-order valence-corrected chi connectivity index (χ0v) is 12.1. The molecular weight excluding hydrogens is 270 g/mol. The van der Waals surface area contributed by atoms with Crippen LogP contribution in [0.5, 0.6) is 11.5 Å². The first-order valence-electron chi connectivity index (χ1n) is 5.84. The van der Waals surface area contributed by atoms with Crippen molar-refractivity contribution in [2.24, 2.45) is 0 Å². The maximum Gasteiger partial charge on any atom is 0.244 e. The quantitative estimate of drug-likeness (QED) is 0.723. The molecule has 0 radical (unpaired) electrons. The van der Waals surface area contributed by atoms with Gasteiger partial charge in [-0.1, -0.05) is 0 Å². The second-order valence-electron chi connectivity index (χ2n) is 3.61. The lowest BCUT2D eigenvalue weighted by Gasteiger charge is -2.12. The van der Waals surface area contributed by atoms with Gasteiger partial charge in [-0.15, -0.1) is 0 Å². The Morgan fingerprint density at radius 2 is 1.95 bits per heavy atom. The van der Waals surface area contributed by atoms with E-state index in [4.69, 9.17) is 14.2 Å². The highest BCUT2D eigenvalue weighted by molar-refractivity contribution is 7.89. The number of sulfonamides is 1. The molecule has 0 heterocycles. The number of hydrogen-bond donors (Lipinski definition) is 1. The molecule has 0 aliphatic rings. The molecule has 1 aromatic rings. The Hall–Kier alpha value is -1.31. The van der Waals surface area contributed by atoms with E-state index in [1.807, 2.05) is 6.92 Å². The maximum absolute atomic E-state index is 12.1. The minimum atomic E-state index is -3.65. The largest absolute Gasteiger partial charge is 0.497 e. The van der Waals surface area contributed by atoms with E-state index in [2.05, 4.69) is 4.72 Å². The molecule has 0 amide bonds. The van der Waals surface area contributed by atoms with Crippen LogP contribution in [-0.2, 0) is 14.8 Å². The first kappa shape index (κ1) is 15.7. The number of hydrogen-bond acceptors (Lipinski definition) is 5. The van der Waals surface area contributed by atoms with Crippen molar-refractivity contribution in [2.45, 2.75) is 11.8 Å². The van der Waals surface area contributed by atoms with Crippen LogP contribution in [0.25, 0.3) is 0 Å². The lowest BCUT2D eigenvalue weighted by molar-refractivity contribution is 0.153. The summed E-state index contributed by atoms with van der Waals surface area (Å²) in [5, 5.41) is 0. The van der Waals surface area contributed by atoms with Gasteiger partial charge < -0.3 is 14.2 Å². The van der Waals surface area contributed by atoms with Gasteiger partial charge in [0.2, 0.25) is 10.0 Å². The zero-order chi connectivity index (χ0) is 14.3. The van der Waals surface area contributed by atoms with Gasteiger partial charge in [-0.05, 0) is 19.1 Å². The molecule has 0 atom stereocenters. The molecule has 19 heavy (non-hydrogen) atoms. The van der Waals surface area contributed by atoms with E-state index in [0.29, 0.717) is 19.0 Å². The molecule has 0 spiro atoms. The molecule has 0 aliphatic heterocycles. The molecule has 0 unspecified atom stereocenters. The molecule has 108 valence electrons. The highest BCUT2D eigenvalue weighted by Crippen LogP contribution is 2.27. The normalized spacial score (nSPS) is 11.3. The van der Waals surface area contributed by atoms with E-state index in [-0.39, 0.29) is 17.2 Å². The lowest BCUT2D eigenvalue weighted by atomic mass is 10.3. The van der Waals surface area contributed by atoms with Crippen molar-refractivity contribution in [2.75, 3.05) is 34.0 Å². The van der Waals surface area contributed by atoms with Crippen molar-refractivity contribution in [1.29, 1.82) is 0 Å². The number of nitrogens with one attached hydrogen (secondary N) is 1. The van der Waals surface area contributed by atoms with Crippen molar-refractivity contribution < 1.29 is 22.6 Å². The second-order valence-corrected chi connectivity index (χ2v) is 5.35. The van der Waals surface area contributed by atoms with E-state index in [1.165, 1.54) is 20.3 Å². The van der Waals surface area contributed by atoms with E-state index >= 15 is 0 Å². The number of rotatable bonds is 8. The molecular formula is C12H19NO5S. The SMILES string of the molecule is CCOCCNS(=O)(=O)c1cc(OC)ccc1OC. The summed E-state index contributed by atoms with van der Waals surface area (Å²) in [6.07, 6.45) is 0. The second kappa shape index (κ2) is 7.32. The Morgan fingerprint density at radius 3 is 2.53 bits per heavy atom. The summed E-state index contributed by atoms with van der Waals surface area (Å²) >= 11 is 0. The van der Waals surface area contributed by atoms with Crippen LogP contribution in [0.1, 0.15) is 6.92 Å². The van der Waals surface area contributed by atoms with Crippen LogP contribution < -0.4 is 14.2 Å². The first-order valence-corrected chi connectivity index (χ1v) is 7.33. The number of methoxy groups -OCH3 is 2. The Morgan fingerprint density at radius 1 is 1.21 bits per heavy atom. The average Bonchev–Trinajstić information content (AvgIpc) is 2.43. The fourth-order valence-corrected chi connectivity index (χ4v) is 2.66. The van der Waals surface area contributed by atoms with Crippen molar-refractivity contribution in [3.63, 3.8) is 0 Å². The van der Waals surface area contributed by atoms with Crippen LogP contribution in [0.4, 0.5) is 0 Å². The predicted molar refractivity (Wildman–Crippen MR) is 71.2 cm³/mol. The molecule has 1 N–H and O–H groups in total. The third-order valence-electron chi connectivity index (χ3n) is 2.40. The fourth-order valence-electron chi connectivity index (χ4n) is 1.46. The topological polar surface area (TPSA) is 73.9 Å². The van der Waals surface area contributed by atoms with Gasteiger partial charge in [0.15, 0.2) is 0 Å². The summed E-state index contributed by atoms with van der Waals surface area (Å²) < 4.78 is 41.9. The van der Waals surface area contributed by atoms with Crippen LogP contribution in [0.15, 0.2) is 23.1 Å². The van der Waals surface area contributed by atoms with E-state index in [9.17, 15) is 8.42 Å². The Labute approximate surface area is 113 Å². The Kier molecular flexibility index (Phi) is 6.07. The van der Waals surface area contributed by atoms with Crippen molar-refractivity contribution in [3.8, 4) is 11.5 Å². The highest BCUT2D eigenvalue weighted by atomic mass is 32.2. The van der Waals surface area contributed by atoms with Crippen molar-refractivity contribution >= 4 is 10.0 Å². The van der Waals surface area contributed by atoms with Crippen LogP contribution >= 0.6 is 0 Å². The molecule has 0 saturated heterocycles. The van der Waals surface area contributed by atoms with E-state index < -0.39 is 10.0 Å². The predicted octanol–water partition coefficient (Wildman–Crippen LogP) is 1.02. The van der Waals surface area contributed by atoms with Gasteiger partial charge >= 0.3 is 0 Å². The van der Waals surface area contributed by atoms with Crippen molar-refractivity contribution in [1.82, 2.24) is 4.72 Å². The van der Waals surface area contributed by atoms with Crippen LogP contribution in [0.2, 0.25) is 0 Å². The highest BCUT2D eigenvalue weighted by Gasteiger charge is 2.19. The standard InChI is InChI=1S/C12H19NO5S/c1-4-18-8-7-13-19(14,15)12-9-10(16-2)5-6-11(12)17-3/h5-6,9,13H,4,7-8H2,1-3H3. The summed E-state index contributed by atoms with van der Waals surface area (Å²) in [6.45, 7) is 2.92. The number of ether oxygens (including phenoxy) is 3. The molecule has 0 aromatic heterocycles. The average molecular weight is 289 g/mol. The minimum Gasteiger partial charge on any atom is -0.497 e. The summed E-state index contributed by atoms with van der Waals surface area (Å²) in [5.74, 6) is 0.718. The third kappa shape index (κ3) is 4.38. The van der Waals surface area contributed by atoms with Crippen LogP contribution in [0, 0.1) is 0 Å². The smallest absolute Gasteiger partial charge is 0.244 e. The fraction of sp³-hybridized carbons (Fsp3) is 0.500. The summed E-state index contributed by atoms with van der Waals surface area (Å²) in [6, 6.07) is 4.61. The molecule has 0 bridgehead atoms. The van der Waals surface area contributed by atoms with Gasteiger partial charge in [0.1, 0.15) is 16.4 Å². The molecule has 0 saturated carbocycles. The molecule has 1 aromatic carbocycles. The summed E-state index contributed by atoms with van der Waals surface area (Å²) in [4.78, 5) is 0.0471. The molecule has 0 fully saturated rings. The van der Waals surface area contributed by atoms with Crippen molar-refractivity contribution in [3.05, 3.63) is 18.2 Å². The first-order chi connectivity index (χ1) is 9.05. The Bertz CT molecular complexity index is 501. The molecule has 0 aliphatic carbocycles. The summed E-state index contributed by atoms with van der Waals surface area (Å²) in [5.41, 5.74) is 0. The van der Waals surface area contributed by atoms with E-state index in [1.54, 1.807) is 12.1 Å². The van der Waals surface area contributed by atoms with Gasteiger partial charge in [0.25, 0.3) is 0 Å². The molecule has 1 rings (SSSR count). The number of benzene rings is 1.